The van der Waals surface area contributed by atoms with Gasteiger partial charge in [-0.3, -0.25) is 14.9 Å². The molecule has 0 saturated heterocycles. The van der Waals surface area contributed by atoms with Gasteiger partial charge < -0.3 is 4.90 Å². The van der Waals surface area contributed by atoms with Gasteiger partial charge in [0.05, 0.1) is 4.47 Å². The van der Waals surface area contributed by atoms with E-state index in [0.29, 0.717) is 6.42 Å². The van der Waals surface area contributed by atoms with Crippen LogP contribution in [0, 0.1) is 18.7 Å². The SMILES string of the molecule is Cc1cnc(NC(=O)CN(CC2C[C@H]2F)C(=O)c2ccc(Br)c(F)c2)nc1. The molecule has 1 aromatic carbocycles. The average Bonchev–Trinajstić information content (AvgIpc) is 3.33. The Bertz CT molecular complexity index is 863. The van der Waals surface area contributed by atoms with Crippen molar-refractivity contribution in [3.8, 4) is 0 Å². The predicted octanol–water partition coefficient (Wildman–Crippen LogP) is 3.13. The molecule has 3 rings (SSSR count). The van der Waals surface area contributed by atoms with Gasteiger partial charge in [-0.1, -0.05) is 0 Å². The van der Waals surface area contributed by atoms with E-state index in [1.54, 1.807) is 12.4 Å². The maximum atomic E-state index is 13.7. The average molecular weight is 439 g/mol. The Hall–Kier alpha value is -2.42. The number of carbonyl (C=O) groups excluding carboxylic acids is 2. The van der Waals surface area contributed by atoms with Gasteiger partial charge in [-0.05, 0) is 53.0 Å². The van der Waals surface area contributed by atoms with Crippen LogP contribution in [0.25, 0.3) is 0 Å². The van der Waals surface area contributed by atoms with E-state index in [1.807, 2.05) is 6.92 Å². The number of aromatic nitrogens is 2. The van der Waals surface area contributed by atoms with E-state index >= 15 is 0 Å². The van der Waals surface area contributed by atoms with Gasteiger partial charge in [0, 0.05) is 30.4 Å². The molecule has 1 aromatic heterocycles. The summed E-state index contributed by atoms with van der Waals surface area (Å²) in [5.41, 5.74) is 0.927. The number of rotatable bonds is 6. The highest BCUT2D eigenvalue weighted by atomic mass is 79.9. The Morgan fingerprint density at radius 1 is 1.33 bits per heavy atom. The molecule has 1 aliphatic carbocycles. The molecule has 2 amide bonds. The van der Waals surface area contributed by atoms with Crippen molar-refractivity contribution < 1.29 is 18.4 Å². The van der Waals surface area contributed by atoms with Crippen molar-refractivity contribution in [2.24, 2.45) is 5.92 Å². The van der Waals surface area contributed by atoms with Crippen molar-refractivity contribution in [3.05, 3.63) is 52.0 Å². The lowest BCUT2D eigenvalue weighted by Gasteiger charge is -2.22. The summed E-state index contributed by atoms with van der Waals surface area (Å²) in [4.78, 5) is 34.2. The Morgan fingerprint density at radius 2 is 2.00 bits per heavy atom. The molecular formula is C18H17BrF2N4O2. The Morgan fingerprint density at radius 3 is 2.59 bits per heavy atom. The van der Waals surface area contributed by atoms with Crippen molar-refractivity contribution in [2.75, 3.05) is 18.4 Å². The minimum atomic E-state index is -0.981. The molecule has 2 atom stereocenters. The van der Waals surface area contributed by atoms with Crippen LogP contribution in [0.4, 0.5) is 14.7 Å². The Balaban J connectivity index is 1.72. The zero-order valence-corrected chi connectivity index (χ0v) is 16.0. The zero-order valence-electron chi connectivity index (χ0n) is 14.5. The number of halogens is 3. The van der Waals surface area contributed by atoms with Crippen LogP contribution in [0.2, 0.25) is 0 Å². The first kappa shape index (κ1) is 19.3. The molecule has 27 heavy (non-hydrogen) atoms. The van der Waals surface area contributed by atoms with E-state index in [9.17, 15) is 18.4 Å². The van der Waals surface area contributed by atoms with Crippen molar-refractivity contribution in [1.29, 1.82) is 0 Å². The number of anilines is 1. The second-order valence-electron chi connectivity index (χ2n) is 6.46. The zero-order chi connectivity index (χ0) is 19.6. The molecule has 0 bridgehead atoms. The molecule has 1 aliphatic rings. The fraction of sp³-hybridized carbons (Fsp3) is 0.333. The lowest BCUT2D eigenvalue weighted by Crippen LogP contribution is -2.39. The molecule has 1 heterocycles. The first-order chi connectivity index (χ1) is 12.8. The lowest BCUT2D eigenvalue weighted by molar-refractivity contribution is -0.117. The van der Waals surface area contributed by atoms with Crippen molar-refractivity contribution in [1.82, 2.24) is 14.9 Å². The van der Waals surface area contributed by atoms with Crippen LogP contribution in [0.15, 0.2) is 35.1 Å². The quantitative estimate of drug-likeness (QED) is 0.751. The standard InChI is InChI=1S/C18H17BrF2N4O2/c1-10-6-22-18(23-7-10)24-16(26)9-25(8-12-5-14(12)20)17(27)11-2-3-13(19)15(21)4-11/h2-4,6-7,12,14H,5,8-9H2,1H3,(H,22,23,24,26)/t12?,14-/m1/s1. The lowest BCUT2D eigenvalue weighted by atomic mass is 10.2. The first-order valence-corrected chi connectivity index (χ1v) is 9.09. The van der Waals surface area contributed by atoms with E-state index < -0.39 is 23.8 Å². The van der Waals surface area contributed by atoms with Crippen LogP contribution >= 0.6 is 15.9 Å². The maximum absolute atomic E-state index is 13.7. The van der Waals surface area contributed by atoms with Gasteiger partial charge >= 0.3 is 0 Å². The summed E-state index contributed by atoms with van der Waals surface area (Å²) in [7, 11) is 0. The molecule has 0 radical (unpaired) electrons. The van der Waals surface area contributed by atoms with Crippen molar-refractivity contribution >= 4 is 33.7 Å². The minimum absolute atomic E-state index is 0.0832. The molecule has 0 aliphatic heterocycles. The van der Waals surface area contributed by atoms with Gasteiger partial charge in [0.15, 0.2) is 0 Å². The predicted molar refractivity (Wildman–Crippen MR) is 98.4 cm³/mol. The Kier molecular flexibility index (Phi) is 5.79. The highest BCUT2D eigenvalue weighted by Gasteiger charge is 2.40. The van der Waals surface area contributed by atoms with Gasteiger partial charge in [0.25, 0.3) is 5.91 Å². The summed E-state index contributed by atoms with van der Waals surface area (Å²) < 4.78 is 27.3. The first-order valence-electron chi connectivity index (χ1n) is 8.30. The van der Waals surface area contributed by atoms with Crippen LogP contribution in [0.5, 0.6) is 0 Å². The number of amides is 2. The fourth-order valence-electron chi connectivity index (χ4n) is 2.51. The van der Waals surface area contributed by atoms with Gasteiger partial charge in [0.2, 0.25) is 11.9 Å². The molecule has 2 aromatic rings. The highest BCUT2D eigenvalue weighted by Crippen LogP contribution is 2.34. The normalized spacial score (nSPS) is 18.1. The van der Waals surface area contributed by atoms with Crippen LogP contribution < -0.4 is 5.32 Å². The molecule has 1 N–H and O–H groups in total. The van der Waals surface area contributed by atoms with Crippen molar-refractivity contribution in [2.45, 2.75) is 19.5 Å². The van der Waals surface area contributed by atoms with E-state index in [1.165, 1.54) is 17.0 Å². The molecule has 142 valence electrons. The van der Waals surface area contributed by atoms with E-state index in [4.69, 9.17) is 0 Å². The van der Waals surface area contributed by atoms with Crippen LogP contribution in [0.3, 0.4) is 0 Å². The number of carbonyl (C=O) groups is 2. The molecule has 9 heteroatoms. The van der Waals surface area contributed by atoms with Gasteiger partial charge in [-0.2, -0.15) is 0 Å². The Labute approximate surface area is 163 Å². The number of hydrogen-bond acceptors (Lipinski definition) is 4. The fourth-order valence-corrected chi connectivity index (χ4v) is 2.75. The van der Waals surface area contributed by atoms with E-state index in [2.05, 4.69) is 31.2 Å². The number of hydrogen-bond donors (Lipinski definition) is 1. The molecular weight excluding hydrogens is 422 g/mol. The third kappa shape index (κ3) is 5.06. The van der Waals surface area contributed by atoms with Gasteiger partial charge in [-0.25, -0.2) is 18.7 Å². The van der Waals surface area contributed by atoms with Gasteiger partial charge in [-0.15, -0.1) is 0 Å². The summed E-state index contributed by atoms with van der Waals surface area (Å²) in [6.45, 7) is 1.59. The maximum Gasteiger partial charge on any atom is 0.254 e. The number of aryl methyl sites for hydroxylation is 1. The number of nitrogens with zero attached hydrogens (tertiary/aromatic N) is 3. The molecule has 0 spiro atoms. The molecule has 1 saturated carbocycles. The minimum Gasteiger partial charge on any atom is -0.329 e. The topological polar surface area (TPSA) is 75.2 Å². The third-order valence-corrected chi connectivity index (χ3v) is 4.75. The van der Waals surface area contributed by atoms with E-state index in [-0.39, 0.29) is 35.0 Å². The number of benzene rings is 1. The van der Waals surface area contributed by atoms with Gasteiger partial charge in [0.1, 0.15) is 18.5 Å². The third-order valence-electron chi connectivity index (χ3n) is 4.11. The summed E-state index contributed by atoms with van der Waals surface area (Å²) in [6, 6.07) is 3.94. The monoisotopic (exact) mass is 438 g/mol. The largest absolute Gasteiger partial charge is 0.329 e. The second kappa shape index (κ2) is 8.08. The van der Waals surface area contributed by atoms with E-state index in [0.717, 1.165) is 11.6 Å². The summed E-state index contributed by atoms with van der Waals surface area (Å²) in [5.74, 6) is -1.84. The van der Waals surface area contributed by atoms with Crippen molar-refractivity contribution in [3.63, 3.8) is 0 Å². The number of nitrogens with one attached hydrogen (secondary N) is 1. The molecule has 1 unspecified atom stereocenters. The summed E-state index contributed by atoms with van der Waals surface area (Å²) in [6.07, 6.45) is 2.47. The van der Waals surface area contributed by atoms with Crippen LogP contribution in [-0.2, 0) is 4.79 Å². The van der Waals surface area contributed by atoms with Crippen LogP contribution in [0.1, 0.15) is 22.3 Å². The molecule has 1 fully saturated rings. The molecule has 6 nitrogen and oxygen atoms in total. The smallest absolute Gasteiger partial charge is 0.254 e. The number of alkyl halides is 1. The summed E-state index contributed by atoms with van der Waals surface area (Å²) >= 11 is 3.03. The second-order valence-corrected chi connectivity index (χ2v) is 7.31. The van der Waals surface area contributed by atoms with Crippen LogP contribution in [-0.4, -0.2) is 45.9 Å². The summed E-state index contributed by atoms with van der Waals surface area (Å²) in [5, 5.41) is 2.50. The highest BCUT2D eigenvalue weighted by molar-refractivity contribution is 9.10.